The number of rotatable bonds is 6. The lowest BCUT2D eigenvalue weighted by atomic mass is 10.1. The third kappa shape index (κ3) is 4.72. The largest absolute Gasteiger partial charge is 0.457 e. The topological polar surface area (TPSA) is 72.3 Å². The molecule has 1 N–H and O–H groups in total. The predicted octanol–water partition coefficient (Wildman–Crippen LogP) is 4.52. The maximum absolute atomic E-state index is 12.6. The van der Waals surface area contributed by atoms with E-state index in [9.17, 15) is 18.0 Å². The minimum atomic E-state index is -4.40. The number of alkyl halides is 3. The van der Waals surface area contributed by atoms with Crippen LogP contribution < -0.4 is 4.74 Å². The molecule has 3 rings (SSSR count). The van der Waals surface area contributed by atoms with E-state index in [1.807, 2.05) is 0 Å². The van der Waals surface area contributed by atoms with E-state index in [-0.39, 0.29) is 30.3 Å². The minimum Gasteiger partial charge on any atom is -0.457 e. The first kappa shape index (κ1) is 19.5. The fourth-order valence-electron chi connectivity index (χ4n) is 2.40. The zero-order chi connectivity index (χ0) is 20.1. The van der Waals surface area contributed by atoms with Gasteiger partial charge in [0, 0.05) is 18.2 Å². The fourth-order valence-corrected chi connectivity index (χ4v) is 2.40. The SMILES string of the molecule is O=C(CCO)c1ccnc(-c2ccc(Oc3ccc(C(F)(F)F)cc3)cc2)n1. The van der Waals surface area contributed by atoms with Crippen LogP contribution in [0.5, 0.6) is 11.5 Å². The van der Waals surface area contributed by atoms with Crippen molar-refractivity contribution in [3.63, 3.8) is 0 Å². The van der Waals surface area contributed by atoms with E-state index in [1.54, 1.807) is 24.3 Å². The molecule has 0 spiro atoms. The van der Waals surface area contributed by atoms with Crippen LogP contribution in [-0.4, -0.2) is 27.5 Å². The first-order valence-electron chi connectivity index (χ1n) is 8.29. The summed E-state index contributed by atoms with van der Waals surface area (Å²) in [5.74, 6) is 0.753. The number of nitrogens with zero attached hydrogens (tertiary/aromatic N) is 2. The highest BCUT2D eigenvalue weighted by Gasteiger charge is 2.30. The molecule has 0 amide bonds. The third-order valence-corrected chi connectivity index (χ3v) is 3.81. The molecular formula is C20H15F3N2O3. The summed E-state index contributed by atoms with van der Waals surface area (Å²) < 4.78 is 43.3. The van der Waals surface area contributed by atoms with Gasteiger partial charge >= 0.3 is 6.18 Å². The van der Waals surface area contributed by atoms with Gasteiger partial charge in [0.05, 0.1) is 12.2 Å². The Labute approximate surface area is 158 Å². The summed E-state index contributed by atoms with van der Waals surface area (Å²) in [7, 11) is 0. The Morgan fingerprint density at radius 3 is 2.14 bits per heavy atom. The molecule has 0 radical (unpaired) electrons. The Morgan fingerprint density at radius 1 is 0.964 bits per heavy atom. The number of aliphatic hydroxyl groups is 1. The smallest absolute Gasteiger partial charge is 0.416 e. The molecule has 28 heavy (non-hydrogen) atoms. The monoisotopic (exact) mass is 388 g/mol. The highest BCUT2D eigenvalue weighted by atomic mass is 19.4. The molecule has 1 heterocycles. The summed E-state index contributed by atoms with van der Waals surface area (Å²) in [6.45, 7) is -0.256. The molecule has 0 aliphatic carbocycles. The van der Waals surface area contributed by atoms with Gasteiger partial charge < -0.3 is 9.84 Å². The number of carbonyl (C=O) groups excluding carboxylic acids is 1. The average Bonchev–Trinajstić information content (AvgIpc) is 2.69. The quantitative estimate of drug-likeness (QED) is 0.629. The van der Waals surface area contributed by atoms with Gasteiger partial charge in [0.25, 0.3) is 0 Å². The van der Waals surface area contributed by atoms with Crippen molar-refractivity contribution < 1.29 is 27.8 Å². The van der Waals surface area contributed by atoms with E-state index in [1.165, 1.54) is 24.4 Å². The second-order valence-corrected chi connectivity index (χ2v) is 5.81. The van der Waals surface area contributed by atoms with Crippen molar-refractivity contribution in [3.8, 4) is 22.9 Å². The molecule has 0 aliphatic rings. The van der Waals surface area contributed by atoms with Gasteiger partial charge in [-0.15, -0.1) is 0 Å². The van der Waals surface area contributed by atoms with Crippen LogP contribution in [0.1, 0.15) is 22.5 Å². The first-order valence-corrected chi connectivity index (χ1v) is 8.29. The Balaban J connectivity index is 1.73. The summed E-state index contributed by atoms with van der Waals surface area (Å²) in [4.78, 5) is 20.1. The molecule has 1 aromatic heterocycles. The summed E-state index contributed by atoms with van der Waals surface area (Å²) >= 11 is 0. The van der Waals surface area contributed by atoms with Crippen molar-refractivity contribution in [2.75, 3.05) is 6.61 Å². The van der Waals surface area contributed by atoms with Crippen molar-refractivity contribution in [2.45, 2.75) is 12.6 Å². The van der Waals surface area contributed by atoms with Crippen molar-refractivity contribution in [2.24, 2.45) is 0 Å². The molecule has 0 bridgehead atoms. The van der Waals surface area contributed by atoms with Gasteiger partial charge in [-0.2, -0.15) is 13.2 Å². The van der Waals surface area contributed by atoms with Gasteiger partial charge in [-0.25, -0.2) is 9.97 Å². The van der Waals surface area contributed by atoms with Crippen LogP contribution in [0, 0.1) is 0 Å². The number of aliphatic hydroxyl groups excluding tert-OH is 1. The highest BCUT2D eigenvalue weighted by molar-refractivity contribution is 5.94. The minimum absolute atomic E-state index is 0.0175. The van der Waals surface area contributed by atoms with Crippen LogP contribution >= 0.6 is 0 Å². The number of halogens is 3. The van der Waals surface area contributed by atoms with Crippen LogP contribution in [0.15, 0.2) is 60.8 Å². The van der Waals surface area contributed by atoms with Crippen LogP contribution in [0.2, 0.25) is 0 Å². The first-order chi connectivity index (χ1) is 13.4. The van der Waals surface area contributed by atoms with Crippen molar-refractivity contribution in [3.05, 3.63) is 72.1 Å². The number of benzene rings is 2. The van der Waals surface area contributed by atoms with E-state index in [0.29, 0.717) is 17.1 Å². The molecule has 0 unspecified atom stereocenters. The van der Waals surface area contributed by atoms with Crippen LogP contribution in [0.3, 0.4) is 0 Å². The molecule has 3 aromatic rings. The van der Waals surface area contributed by atoms with E-state index in [4.69, 9.17) is 9.84 Å². The maximum Gasteiger partial charge on any atom is 0.416 e. The zero-order valence-corrected chi connectivity index (χ0v) is 14.5. The summed E-state index contributed by atoms with van der Waals surface area (Å²) in [6.07, 6.45) is -2.96. The van der Waals surface area contributed by atoms with Gasteiger partial charge in [-0.05, 0) is 54.6 Å². The number of hydrogen-bond donors (Lipinski definition) is 1. The lowest BCUT2D eigenvalue weighted by Gasteiger charge is -2.09. The summed E-state index contributed by atoms with van der Waals surface area (Å²) in [5, 5.41) is 8.86. The molecule has 8 heteroatoms. The third-order valence-electron chi connectivity index (χ3n) is 3.81. The predicted molar refractivity (Wildman–Crippen MR) is 95.0 cm³/mol. The molecule has 0 fully saturated rings. The number of carbonyl (C=O) groups is 1. The Kier molecular flexibility index (Phi) is 5.70. The van der Waals surface area contributed by atoms with Gasteiger partial charge in [0.1, 0.15) is 17.2 Å². The van der Waals surface area contributed by atoms with Crippen LogP contribution in [0.4, 0.5) is 13.2 Å². The van der Waals surface area contributed by atoms with Crippen molar-refractivity contribution >= 4 is 5.78 Å². The van der Waals surface area contributed by atoms with E-state index >= 15 is 0 Å². The normalized spacial score (nSPS) is 11.3. The van der Waals surface area contributed by atoms with Crippen molar-refractivity contribution in [1.82, 2.24) is 9.97 Å². The second kappa shape index (κ2) is 8.18. The Bertz CT molecular complexity index is 956. The lowest BCUT2D eigenvalue weighted by Crippen LogP contribution is -2.05. The molecule has 5 nitrogen and oxygen atoms in total. The Morgan fingerprint density at radius 2 is 1.57 bits per heavy atom. The second-order valence-electron chi connectivity index (χ2n) is 5.81. The van der Waals surface area contributed by atoms with Crippen LogP contribution in [0.25, 0.3) is 11.4 Å². The molecule has 2 aromatic carbocycles. The summed E-state index contributed by atoms with van der Waals surface area (Å²) in [5.41, 5.74) is 0.102. The molecule has 0 saturated carbocycles. The molecule has 0 saturated heterocycles. The molecular weight excluding hydrogens is 373 g/mol. The number of aromatic nitrogens is 2. The van der Waals surface area contributed by atoms with E-state index < -0.39 is 11.7 Å². The summed E-state index contributed by atoms with van der Waals surface area (Å²) in [6, 6.07) is 12.5. The maximum atomic E-state index is 12.6. The number of ether oxygens (including phenoxy) is 1. The van der Waals surface area contributed by atoms with Gasteiger partial charge in [-0.3, -0.25) is 4.79 Å². The van der Waals surface area contributed by atoms with Gasteiger partial charge in [-0.1, -0.05) is 0 Å². The van der Waals surface area contributed by atoms with Crippen molar-refractivity contribution in [1.29, 1.82) is 0 Å². The number of hydrogen-bond acceptors (Lipinski definition) is 5. The molecule has 0 atom stereocenters. The van der Waals surface area contributed by atoms with Crippen LogP contribution in [-0.2, 0) is 6.18 Å². The average molecular weight is 388 g/mol. The zero-order valence-electron chi connectivity index (χ0n) is 14.5. The lowest BCUT2D eigenvalue weighted by molar-refractivity contribution is -0.137. The van der Waals surface area contributed by atoms with E-state index in [2.05, 4.69) is 9.97 Å². The highest BCUT2D eigenvalue weighted by Crippen LogP contribution is 2.31. The molecule has 144 valence electrons. The molecule has 0 aliphatic heterocycles. The Hall–Kier alpha value is -3.26. The fraction of sp³-hybridized carbons (Fsp3) is 0.150. The van der Waals surface area contributed by atoms with E-state index in [0.717, 1.165) is 12.1 Å². The standard InChI is InChI=1S/C20H15F3N2O3/c21-20(22,23)14-3-7-16(8-4-14)28-15-5-1-13(2-6-15)19-24-11-9-17(25-19)18(27)10-12-26/h1-9,11,26H,10,12H2. The van der Waals surface area contributed by atoms with Gasteiger partial charge in [0.2, 0.25) is 0 Å². The van der Waals surface area contributed by atoms with Gasteiger partial charge in [0.15, 0.2) is 11.6 Å². The number of ketones is 1. The number of Topliss-reactive ketones (excluding diaryl/α,β-unsaturated/α-hetero) is 1.